The fourth-order valence-electron chi connectivity index (χ4n) is 2.00. The van der Waals surface area contributed by atoms with Gasteiger partial charge < -0.3 is 5.32 Å². The largest absolute Gasteiger partial charge is 0.314 e. The fraction of sp³-hybridized carbons (Fsp3) is 1.00. The first-order valence-corrected chi connectivity index (χ1v) is 6.06. The van der Waals surface area contributed by atoms with Crippen LogP contribution in [0.5, 0.6) is 0 Å². The molecule has 0 bridgehead atoms. The highest BCUT2D eigenvalue weighted by atomic mass is 14.9. The third-order valence-corrected chi connectivity index (χ3v) is 3.31. The van der Waals surface area contributed by atoms with E-state index in [0.717, 1.165) is 12.0 Å². The number of nitrogens with one attached hydrogen (secondary N) is 1. The Hall–Kier alpha value is -0.0400. The molecule has 0 amide bonds. The number of hydrogen-bond acceptors (Lipinski definition) is 1. The van der Waals surface area contributed by atoms with Crippen LogP contribution in [0.25, 0.3) is 0 Å². The zero-order chi connectivity index (χ0) is 9.52. The first-order chi connectivity index (χ1) is 6.33. The molecule has 78 valence electrons. The Kier molecular flexibility index (Phi) is 5.45. The number of rotatable bonds is 4. The van der Waals surface area contributed by atoms with Crippen LogP contribution in [0.15, 0.2) is 0 Å². The van der Waals surface area contributed by atoms with Gasteiger partial charge in [0.25, 0.3) is 0 Å². The van der Waals surface area contributed by atoms with Crippen LogP contribution < -0.4 is 5.32 Å². The van der Waals surface area contributed by atoms with Gasteiger partial charge in [-0.05, 0) is 25.3 Å². The van der Waals surface area contributed by atoms with E-state index in [1.54, 1.807) is 0 Å². The lowest BCUT2D eigenvalue weighted by Gasteiger charge is -2.18. The zero-order valence-corrected chi connectivity index (χ0v) is 9.31. The van der Waals surface area contributed by atoms with E-state index in [1.165, 1.54) is 51.5 Å². The van der Waals surface area contributed by atoms with Gasteiger partial charge in [-0.2, -0.15) is 0 Å². The van der Waals surface area contributed by atoms with Crippen molar-refractivity contribution in [3.8, 4) is 0 Å². The highest BCUT2D eigenvalue weighted by Gasteiger charge is 2.11. The maximum absolute atomic E-state index is 3.71. The Balaban J connectivity index is 2.11. The molecular formula is C12H25N. The molecule has 13 heavy (non-hydrogen) atoms. The van der Waals surface area contributed by atoms with E-state index in [-0.39, 0.29) is 0 Å². The maximum Gasteiger partial charge on any atom is 0.00671 e. The molecule has 0 unspecified atom stereocenters. The van der Waals surface area contributed by atoms with Crippen LogP contribution in [0.1, 0.15) is 58.8 Å². The lowest BCUT2D eigenvalue weighted by Crippen LogP contribution is -2.32. The summed E-state index contributed by atoms with van der Waals surface area (Å²) in [7, 11) is 0. The van der Waals surface area contributed by atoms with E-state index in [1.807, 2.05) is 0 Å². The van der Waals surface area contributed by atoms with Gasteiger partial charge in [0.2, 0.25) is 0 Å². The van der Waals surface area contributed by atoms with Crippen molar-refractivity contribution in [2.24, 2.45) is 5.92 Å². The normalized spacial score (nSPS) is 22.6. The summed E-state index contributed by atoms with van der Waals surface area (Å²) in [5.74, 6) is 0.850. The molecule has 0 spiro atoms. The molecule has 1 saturated carbocycles. The molecule has 0 aromatic carbocycles. The maximum atomic E-state index is 3.71. The molecule has 1 atom stereocenters. The average molecular weight is 183 g/mol. The summed E-state index contributed by atoms with van der Waals surface area (Å²) in [5.41, 5.74) is 0. The van der Waals surface area contributed by atoms with Crippen molar-refractivity contribution >= 4 is 0 Å². The second kappa shape index (κ2) is 6.42. The minimum Gasteiger partial charge on any atom is -0.314 e. The molecule has 1 N–H and O–H groups in total. The third-order valence-electron chi connectivity index (χ3n) is 3.31. The molecule has 1 rings (SSSR count). The van der Waals surface area contributed by atoms with Crippen LogP contribution in [0.3, 0.4) is 0 Å². The summed E-state index contributed by atoms with van der Waals surface area (Å²) < 4.78 is 0. The predicted octanol–water partition coefficient (Wildman–Crippen LogP) is 3.34. The zero-order valence-electron chi connectivity index (χ0n) is 9.31. The van der Waals surface area contributed by atoms with Gasteiger partial charge in [0.05, 0.1) is 0 Å². The molecule has 0 aromatic heterocycles. The monoisotopic (exact) mass is 183 g/mol. The highest BCUT2D eigenvalue weighted by Crippen LogP contribution is 2.17. The van der Waals surface area contributed by atoms with E-state index in [2.05, 4.69) is 19.2 Å². The van der Waals surface area contributed by atoms with Crippen molar-refractivity contribution in [1.82, 2.24) is 5.32 Å². The Bertz CT molecular complexity index is 114. The van der Waals surface area contributed by atoms with E-state index in [4.69, 9.17) is 0 Å². The average Bonchev–Trinajstić information content (AvgIpc) is 2.42. The lowest BCUT2D eigenvalue weighted by atomic mass is 10.1. The summed E-state index contributed by atoms with van der Waals surface area (Å²) >= 11 is 0. The second-order valence-corrected chi connectivity index (χ2v) is 4.61. The van der Waals surface area contributed by atoms with Crippen molar-refractivity contribution in [3.05, 3.63) is 0 Å². The van der Waals surface area contributed by atoms with Crippen molar-refractivity contribution in [2.75, 3.05) is 6.54 Å². The SMILES string of the molecule is CC[C@@H](C)CNC1CCCCCC1. The van der Waals surface area contributed by atoms with Crippen LogP contribution in [-0.2, 0) is 0 Å². The molecule has 0 heterocycles. The van der Waals surface area contributed by atoms with Crippen molar-refractivity contribution in [3.63, 3.8) is 0 Å². The molecule has 1 heteroatoms. The molecule has 0 aromatic rings. The van der Waals surface area contributed by atoms with Gasteiger partial charge in [0.1, 0.15) is 0 Å². The highest BCUT2D eigenvalue weighted by molar-refractivity contribution is 4.71. The van der Waals surface area contributed by atoms with E-state index < -0.39 is 0 Å². The molecule has 1 fully saturated rings. The summed E-state index contributed by atoms with van der Waals surface area (Å²) in [6.45, 7) is 5.84. The molecule has 0 saturated heterocycles. The smallest absolute Gasteiger partial charge is 0.00671 e. The Morgan fingerprint density at radius 2 is 1.77 bits per heavy atom. The van der Waals surface area contributed by atoms with Gasteiger partial charge in [-0.15, -0.1) is 0 Å². The lowest BCUT2D eigenvalue weighted by molar-refractivity contribution is 0.408. The molecule has 0 radical (unpaired) electrons. The number of hydrogen-bond donors (Lipinski definition) is 1. The van der Waals surface area contributed by atoms with Gasteiger partial charge >= 0.3 is 0 Å². The first-order valence-electron chi connectivity index (χ1n) is 6.06. The van der Waals surface area contributed by atoms with Crippen LogP contribution in [0.2, 0.25) is 0 Å². The minimum absolute atomic E-state index is 0.830. The van der Waals surface area contributed by atoms with Crippen molar-refractivity contribution < 1.29 is 0 Å². The predicted molar refractivity (Wildman–Crippen MR) is 58.9 cm³/mol. The standard InChI is InChI=1S/C12H25N/c1-3-11(2)10-13-12-8-6-4-5-7-9-12/h11-13H,3-10H2,1-2H3/t11-/m1/s1. The van der Waals surface area contributed by atoms with Crippen molar-refractivity contribution in [1.29, 1.82) is 0 Å². The molecular weight excluding hydrogens is 158 g/mol. The molecule has 1 nitrogen and oxygen atoms in total. The van der Waals surface area contributed by atoms with E-state index >= 15 is 0 Å². The fourth-order valence-corrected chi connectivity index (χ4v) is 2.00. The quantitative estimate of drug-likeness (QED) is 0.659. The molecule has 1 aliphatic carbocycles. The summed E-state index contributed by atoms with van der Waals surface area (Å²) in [5, 5.41) is 3.71. The van der Waals surface area contributed by atoms with Gasteiger partial charge in [0, 0.05) is 6.04 Å². The Labute approximate surface area is 83.3 Å². The van der Waals surface area contributed by atoms with E-state index in [9.17, 15) is 0 Å². The van der Waals surface area contributed by atoms with E-state index in [0.29, 0.717) is 0 Å². The van der Waals surface area contributed by atoms with Crippen molar-refractivity contribution in [2.45, 2.75) is 64.8 Å². The topological polar surface area (TPSA) is 12.0 Å². The minimum atomic E-state index is 0.830. The van der Waals surface area contributed by atoms with Crippen LogP contribution in [0, 0.1) is 5.92 Å². The second-order valence-electron chi connectivity index (χ2n) is 4.61. The van der Waals surface area contributed by atoms with Crippen LogP contribution in [-0.4, -0.2) is 12.6 Å². The van der Waals surface area contributed by atoms with Gasteiger partial charge in [-0.25, -0.2) is 0 Å². The Morgan fingerprint density at radius 3 is 2.31 bits per heavy atom. The van der Waals surface area contributed by atoms with Gasteiger partial charge in [-0.3, -0.25) is 0 Å². The third kappa shape index (κ3) is 4.66. The van der Waals surface area contributed by atoms with Gasteiger partial charge in [-0.1, -0.05) is 46.0 Å². The molecule has 0 aliphatic heterocycles. The molecule has 1 aliphatic rings. The summed E-state index contributed by atoms with van der Waals surface area (Å²) in [6.07, 6.45) is 9.94. The van der Waals surface area contributed by atoms with Crippen LogP contribution in [0.4, 0.5) is 0 Å². The summed E-state index contributed by atoms with van der Waals surface area (Å²) in [6, 6.07) is 0.830. The van der Waals surface area contributed by atoms with Gasteiger partial charge in [0.15, 0.2) is 0 Å². The summed E-state index contributed by atoms with van der Waals surface area (Å²) in [4.78, 5) is 0. The first kappa shape index (κ1) is 11.0. The Morgan fingerprint density at radius 1 is 1.15 bits per heavy atom. The van der Waals surface area contributed by atoms with Crippen LogP contribution >= 0.6 is 0 Å².